The molecule has 0 aliphatic carbocycles. The lowest BCUT2D eigenvalue weighted by molar-refractivity contribution is 0.0773. The molecule has 2 aromatic carbocycles. The number of fused-ring (bicyclic) bond motifs is 1. The van der Waals surface area contributed by atoms with Gasteiger partial charge in [-0.05, 0) is 36.6 Å². The van der Waals surface area contributed by atoms with E-state index >= 15 is 0 Å². The molecule has 0 fully saturated rings. The maximum absolute atomic E-state index is 12.5. The van der Waals surface area contributed by atoms with Gasteiger partial charge in [-0.3, -0.25) is 4.79 Å². The molecular formula is C21H20N2O. The Balaban J connectivity index is 1.58. The monoisotopic (exact) mass is 316 g/mol. The molecule has 1 N–H and O–H groups in total. The van der Waals surface area contributed by atoms with Crippen LogP contribution >= 0.6 is 0 Å². The van der Waals surface area contributed by atoms with Gasteiger partial charge in [0.15, 0.2) is 0 Å². The average Bonchev–Trinajstić information content (AvgIpc) is 3.07. The van der Waals surface area contributed by atoms with Crippen molar-refractivity contribution >= 4 is 22.4 Å². The second-order valence-corrected chi connectivity index (χ2v) is 6.30. The number of aromatic amines is 1. The normalized spacial score (nSPS) is 14.7. The Hall–Kier alpha value is -2.81. The van der Waals surface area contributed by atoms with E-state index in [9.17, 15) is 4.79 Å². The van der Waals surface area contributed by atoms with Crippen molar-refractivity contribution in [1.29, 1.82) is 0 Å². The van der Waals surface area contributed by atoms with Gasteiger partial charge in [-0.15, -0.1) is 0 Å². The Bertz CT molecular complexity index is 921. The van der Waals surface area contributed by atoms with Gasteiger partial charge >= 0.3 is 0 Å². The van der Waals surface area contributed by atoms with Crippen molar-refractivity contribution in [1.82, 2.24) is 9.88 Å². The SMILES string of the molecule is Cc1cccc2c(C3=CCN(C(=O)c4ccccc4)CC3)c[nH]c12. The number of amides is 1. The molecule has 0 saturated heterocycles. The molecule has 4 rings (SSSR count). The third-order valence-corrected chi connectivity index (χ3v) is 4.79. The topological polar surface area (TPSA) is 36.1 Å². The lowest BCUT2D eigenvalue weighted by Gasteiger charge is -2.26. The molecule has 0 saturated carbocycles. The van der Waals surface area contributed by atoms with Crippen LogP contribution in [0.1, 0.15) is 27.9 Å². The summed E-state index contributed by atoms with van der Waals surface area (Å²) in [6.07, 6.45) is 5.17. The molecule has 120 valence electrons. The minimum Gasteiger partial charge on any atom is -0.360 e. The molecule has 0 unspecified atom stereocenters. The van der Waals surface area contributed by atoms with E-state index in [2.05, 4.69) is 42.4 Å². The van der Waals surface area contributed by atoms with Crippen molar-refractivity contribution in [3.8, 4) is 0 Å². The van der Waals surface area contributed by atoms with E-state index in [0.29, 0.717) is 6.54 Å². The van der Waals surface area contributed by atoms with E-state index in [1.165, 1.54) is 27.6 Å². The first-order chi connectivity index (χ1) is 11.7. The largest absolute Gasteiger partial charge is 0.360 e. The quantitative estimate of drug-likeness (QED) is 0.747. The van der Waals surface area contributed by atoms with Crippen molar-refractivity contribution in [3.05, 3.63) is 77.5 Å². The summed E-state index contributed by atoms with van der Waals surface area (Å²) in [6.45, 7) is 3.55. The van der Waals surface area contributed by atoms with Crippen LogP contribution in [-0.2, 0) is 0 Å². The molecular weight excluding hydrogens is 296 g/mol. The predicted octanol–water partition coefficient (Wildman–Crippen LogP) is 4.41. The first-order valence-electron chi connectivity index (χ1n) is 8.34. The smallest absolute Gasteiger partial charge is 0.254 e. The summed E-state index contributed by atoms with van der Waals surface area (Å²) >= 11 is 0. The highest BCUT2D eigenvalue weighted by Crippen LogP contribution is 2.30. The molecule has 1 aromatic heterocycles. The van der Waals surface area contributed by atoms with Gasteiger partial charge in [-0.2, -0.15) is 0 Å². The molecule has 1 aliphatic heterocycles. The zero-order chi connectivity index (χ0) is 16.5. The van der Waals surface area contributed by atoms with E-state index in [-0.39, 0.29) is 5.91 Å². The molecule has 1 amide bonds. The van der Waals surface area contributed by atoms with E-state index < -0.39 is 0 Å². The van der Waals surface area contributed by atoms with Gasteiger partial charge in [0.2, 0.25) is 0 Å². The standard InChI is InChI=1S/C21H20N2O/c1-15-6-5-9-18-19(14-22-20(15)18)16-10-12-23(13-11-16)21(24)17-7-3-2-4-8-17/h2-10,14,22H,11-13H2,1H3. The molecule has 0 radical (unpaired) electrons. The summed E-state index contributed by atoms with van der Waals surface area (Å²) < 4.78 is 0. The fraction of sp³-hybridized carbons (Fsp3) is 0.190. The Morgan fingerprint density at radius 3 is 2.67 bits per heavy atom. The number of carbonyl (C=O) groups is 1. The minimum absolute atomic E-state index is 0.112. The summed E-state index contributed by atoms with van der Waals surface area (Å²) in [6, 6.07) is 15.9. The number of rotatable bonds is 2. The van der Waals surface area contributed by atoms with Crippen LogP contribution in [0.3, 0.4) is 0 Å². The average molecular weight is 316 g/mol. The first-order valence-corrected chi connectivity index (χ1v) is 8.34. The minimum atomic E-state index is 0.112. The third-order valence-electron chi connectivity index (χ3n) is 4.79. The summed E-state index contributed by atoms with van der Waals surface area (Å²) in [5, 5.41) is 1.27. The van der Waals surface area contributed by atoms with E-state index in [4.69, 9.17) is 0 Å². The van der Waals surface area contributed by atoms with Crippen LogP contribution in [0.2, 0.25) is 0 Å². The van der Waals surface area contributed by atoms with Crippen LogP contribution in [0, 0.1) is 6.92 Å². The molecule has 1 aliphatic rings. The fourth-order valence-corrected chi connectivity index (χ4v) is 3.43. The van der Waals surface area contributed by atoms with E-state index in [1.807, 2.05) is 35.2 Å². The summed E-state index contributed by atoms with van der Waals surface area (Å²) in [5.74, 6) is 0.112. The van der Waals surface area contributed by atoms with Gasteiger partial charge in [0.25, 0.3) is 5.91 Å². The molecule has 0 bridgehead atoms. The number of nitrogens with one attached hydrogen (secondary N) is 1. The van der Waals surface area contributed by atoms with E-state index in [1.54, 1.807) is 0 Å². The van der Waals surface area contributed by atoms with Gasteiger partial charge in [-0.1, -0.05) is 42.5 Å². The number of aryl methyl sites for hydroxylation is 1. The van der Waals surface area contributed by atoms with Crippen LogP contribution < -0.4 is 0 Å². The number of hydrogen-bond acceptors (Lipinski definition) is 1. The van der Waals surface area contributed by atoms with Crippen molar-refractivity contribution in [2.24, 2.45) is 0 Å². The van der Waals surface area contributed by atoms with Crippen LogP contribution in [0.15, 0.2) is 60.8 Å². The molecule has 3 nitrogen and oxygen atoms in total. The Morgan fingerprint density at radius 1 is 1.08 bits per heavy atom. The number of hydrogen-bond donors (Lipinski definition) is 1. The van der Waals surface area contributed by atoms with Crippen LogP contribution in [-0.4, -0.2) is 28.9 Å². The van der Waals surface area contributed by atoms with Crippen LogP contribution in [0.5, 0.6) is 0 Å². The maximum atomic E-state index is 12.5. The van der Waals surface area contributed by atoms with Gasteiger partial charge < -0.3 is 9.88 Å². The van der Waals surface area contributed by atoms with Gasteiger partial charge in [0.1, 0.15) is 0 Å². The molecule has 0 atom stereocenters. The highest BCUT2D eigenvalue weighted by Gasteiger charge is 2.20. The summed E-state index contributed by atoms with van der Waals surface area (Å²) in [5.41, 5.74) is 5.81. The maximum Gasteiger partial charge on any atom is 0.254 e. The zero-order valence-corrected chi connectivity index (χ0v) is 13.8. The number of benzene rings is 2. The van der Waals surface area contributed by atoms with E-state index in [0.717, 1.165) is 18.5 Å². The van der Waals surface area contributed by atoms with Crippen LogP contribution in [0.25, 0.3) is 16.5 Å². The summed E-state index contributed by atoms with van der Waals surface area (Å²) in [4.78, 5) is 17.8. The Kier molecular flexibility index (Phi) is 3.69. The second kappa shape index (κ2) is 6.00. The van der Waals surface area contributed by atoms with Gasteiger partial charge in [0.05, 0.1) is 0 Å². The lowest BCUT2D eigenvalue weighted by Crippen LogP contribution is -2.34. The number of carbonyl (C=O) groups excluding carboxylic acids is 1. The van der Waals surface area contributed by atoms with Crippen molar-refractivity contribution in [3.63, 3.8) is 0 Å². The molecule has 2 heterocycles. The summed E-state index contributed by atoms with van der Waals surface area (Å²) in [7, 11) is 0. The lowest BCUT2D eigenvalue weighted by atomic mass is 9.98. The third kappa shape index (κ3) is 2.52. The fourth-order valence-electron chi connectivity index (χ4n) is 3.43. The first kappa shape index (κ1) is 14.8. The Morgan fingerprint density at radius 2 is 1.92 bits per heavy atom. The highest BCUT2D eigenvalue weighted by atomic mass is 16.2. The molecule has 24 heavy (non-hydrogen) atoms. The number of para-hydroxylation sites is 1. The van der Waals surface area contributed by atoms with Crippen molar-refractivity contribution < 1.29 is 4.79 Å². The highest BCUT2D eigenvalue weighted by molar-refractivity contribution is 5.96. The predicted molar refractivity (Wildman–Crippen MR) is 98.0 cm³/mol. The molecule has 0 spiro atoms. The molecule has 3 aromatic rings. The number of H-pyrrole nitrogens is 1. The van der Waals surface area contributed by atoms with Crippen LogP contribution in [0.4, 0.5) is 0 Å². The van der Waals surface area contributed by atoms with Gasteiger partial charge in [0, 0.05) is 41.3 Å². The zero-order valence-electron chi connectivity index (χ0n) is 13.8. The van der Waals surface area contributed by atoms with Gasteiger partial charge in [-0.25, -0.2) is 0 Å². The number of nitrogens with zero attached hydrogens (tertiary/aromatic N) is 1. The number of aromatic nitrogens is 1. The van der Waals surface area contributed by atoms with Crippen molar-refractivity contribution in [2.75, 3.05) is 13.1 Å². The van der Waals surface area contributed by atoms with Crippen molar-refractivity contribution in [2.45, 2.75) is 13.3 Å². The molecule has 3 heteroatoms. The Labute approximate surface area is 141 Å². The second-order valence-electron chi connectivity index (χ2n) is 6.30.